The molecule has 5 nitrogen and oxygen atoms in total. The molecule has 0 unspecified atom stereocenters. The summed E-state index contributed by atoms with van der Waals surface area (Å²) < 4.78 is 0. The lowest BCUT2D eigenvalue weighted by molar-refractivity contribution is 0.292. The second-order valence-electron chi connectivity index (χ2n) is 8.41. The molecule has 0 bridgehead atoms. The van der Waals surface area contributed by atoms with Gasteiger partial charge in [0, 0.05) is 41.7 Å². The number of aromatic nitrogens is 4. The molecular weight excluding hydrogens is 394 g/mol. The van der Waals surface area contributed by atoms with Crippen LogP contribution in [0.2, 0.25) is 5.02 Å². The van der Waals surface area contributed by atoms with Crippen molar-refractivity contribution in [3.05, 3.63) is 76.6 Å². The lowest BCUT2D eigenvalue weighted by Crippen LogP contribution is -2.27. The summed E-state index contributed by atoms with van der Waals surface area (Å²) in [5.41, 5.74) is 6.75. The second-order valence-corrected chi connectivity index (χ2v) is 8.85. The molecule has 1 fully saturated rings. The van der Waals surface area contributed by atoms with Gasteiger partial charge in [0.05, 0.1) is 17.1 Å². The minimum Gasteiger partial charge on any atom is -0.361 e. The molecule has 3 heterocycles. The molecule has 5 rings (SSSR count). The molecule has 3 aromatic rings. The van der Waals surface area contributed by atoms with E-state index in [4.69, 9.17) is 16.6 Å². The summed E-state index contributed by atoms with van der Waals surface area (Å²) in [6.45, 7) is 7.54. The average molecular weight is 419 g/mol. The fourth-order valence-corrected chi connectivity index (χ4v) is 4.92. The standard InChI is InChI=1S/C24H25ClN5/c1-14-5-6-18(23-26-8-4-9-27-23)20(11-14)30-10-7-15(2)22(30)24-28-19-13-17(25)12-16(3)21(19)29-24/h4,6,8-9,11-13,15,22H,5,7,10H2,1-3H3,(H,28,29)/t15-,22-/m0/s1. The highest BCUT2D eigenvalue weighted by Gasteiger charge is 2.37. The van der Waals surface area contributed by atoms with Gasteiger partial charge in [0.2, 0.25) is 0 Å². The van der Waals surface area contributed by atoms with Crippen LogP contribution < -0.4 is 0 Å². The Kier molecular flexibility index (Phi) is 4.86. The molecule has 1 aliphatic heterocycles. The van der Waals surface area contributed by atoms with Gasteiger partial charge in [-0.3, -0.25) is 0 Å². The molecule has 2 aromatic heterocycles. The summed E-state index contributed by atoms with van der Waals surface area (Å²) >= 11 is 6.28. The summed E-state index contributed by atoms with van der Waals surface area (Å²) in [6, 6.07) is 5.95. The highest BCUT2D eigenvalue weighted by atomic mass is 35.5. The lowest BCUT2D eigenvalue weighted by Gasteiger charge is -2.32. The number of H-pyrrole nitrogens is 1. The highest BCUT2D eigenvalue weighted by molar-refractivity contribution is 6.31. The first kappa shape index (κ1) is 19.3. The van der Waals surface area contributed by atoms with Gasteiger partial charge in [-0.1, -0.05) is 24.1 Å². The van der Waals surface area contributed by atoms with Crippen LogP contribution in [-0.4, -0.2) is 31.4 Å². The second kappa shape index (κ2) is 7.55. The molecule has 1 radical (unpaired) electrons. The van der Waals surface area contributed by atoms with E-state index in [-0.39, 0.29) is 6.04 Å². The normalized spacial score (nSPS) is 22.1. The van der Waals surface area contributed by atoms with E-state index in [1.54, 1.807) is 0 Å². The first-order chi connectivity index (χ1) is 14.5. The van der Waals surface area contributed by atoms with Gasteiger partial charge in [-0.05, 0) is 62.4 Å². The topological polar surface area (TPSA) is 57.7 Å². The molecule has 6 heteroatoms. The molecule has 1 saturated heterocycles. The molecule has 0 amide bonds. The molecule has 0 saturated carbocycles. The maximum absolute atomic E-state index is 6.28. The van der Waals surface area contributed by atoms with Crippen molar-refractivity contribution in [2.45, 2.75) is 39.7 Å². The van der Waals surface area contributed by atoms with Crippen molar-refractivity contribution in [2.24, 2.45) is 5.92 Å². The number of aromatic amines is 1. The number of hydrogen-bond donors (Lipinski definition) is 1. The maximum Gasteiger partial charge on any atom is 0.157 e. The zero-order valence-electron chi connectivity index (χ0n) is 17.5. The molecule has 2 atom stereocenters. The Labute approximate surface area is 181 Å². The molecule has 1 N–H and O–H groups in total. The summed E-state index contributed by atoms with van der Waals surface area (Å²) in [7, 11) is 0. The van der Waals surface area contributed by atoms with E-state index in [1.165, 1.54) is 11.3 Å². The van der Waals surface area contributed by atoms with E-state index in [0.29, 0.717) is 5.92 Å². The third-order valence-electron chi connectivity index (χ3n) is 6.16. The lowest BCUT2D eigenvalue weighted by atomic mass is 9.94. The zero-order chi connectivity index (χ0) is 20.8. The van der Waals surface area contributed by atoms with Crippen LogP contribution in [0.3, 0.4) is 0 Å². The predicted molar refractivity (Wildman–Crippen MR) is 121 cm³/mol. The number of likely N-dealkylation sites (tertiary alicyclic amines) is 1. The van der Waals surface area contributed by atoms with Crippen LogP contribution in [0.25, 0.3) is 16.6 Å². The number of imidazole rings is 1. The third kappa shape index (κ3) is 3.31. The Bertz CT molecular complexity index is 1160. The Morgan fingerprint density at radius 3 is 2.77 bits per heavy atom. The summed E-state index contributed by atoms with van der Waals surface area (Å²) in [4.78, 5) is 20.1. The third-order valence-corrected chi connectivity index (χ3v) is 6.38. The number of fused-ring (bicyclic) bond motifs is 1. The number of aryl methyl sites for hydroxylation is 1. The van der Waals surface area contributed by atoms with Crippen molar-refractivity contribution in [3.8, 4) is 0 Å². The van der Waals surface area contributed by atoms with Crippen molar-refractivity contribution in [2.75, 3.05) is 6.54 Å². The van der Waals surface area contributed by atoms with Crippen LogP contribution in [-0.2, 0) is 0 Å². The Hall–Kier alpha value is -2.66. The maximum atomic E-state index is 6.28. The Morgan fingerprint density at radius 1 is 1.17 bits per heavy atom. The molecule has 0 spiro atoms. The number of hydrogen-bond acceptors (Lipinski definition) is 4. The largest absolute Gasteiger partial charge is 0.361 e. The van der Waals surface area contributed by atoms with Crippen LogP contribution in [0.1, 0.15) is 49.9 Å². The summed E-state index contributed by atoms with van der Waals surface area (Å²) in [6.07, 6.45) is 10.2. The smallest absolute Gasteiger partial charge is 0.157 e. The number of nitrogens with zero attached hydrogens (tertiary/aromatic N) is 4. The summed E-state index contributed by atoms with van der Waals surface area (Å²) in [5.74, 6) is 2.25. The van der Waals surface area contributed by atoms with Gasteiger partial charge in [0.1, 0.15) is 5.82 Å². The molecule has 30 heavy (non-hydrogen) atoms. The highest BCUT2D eigenvalue weighted by Crippen LogP contribution is 2.43. The van der Waals surface area contributed by atoms with E-state index < -0.39 is 0 Å². The quantitative estimate of drug-likeness (QED) is 0.595. The van der Waals surface area contributed by atoms with Crippen molar-refractivity contribution < 1.29 is 0 Å². The van der Waals surface area contributed by atoms with E-state index in [2.05, 4.69) is 53.1 Å². The molecule has 153 valence electrons. The van der Waals surface area contributed by atoms with Crippen LogP contribution in [0.4, 0.5) is 0 Å². The molecular formula is C24H25ClN5. The van der Waals surface area contributed by atoms with Crippen molar-refractivity contribution in [3.63, 3.8) is 0 Å². The Morgan fingerprint density at radius 2 is 1.97 bits per heavy atom. The minimum absolute atomic E-state index is 0.167. The van der Waals surface area contributed by atoms with E-state index in [0.717, 1.165) is 58.2 Å². The fraction of sp³-hybridized carbons (Fsp3) is 0.333. The van der Waals surface area contributed by atoms with Crippen LogP contribution in [0, 0.1) is 19.3 Å². The van der Waals surface area contributed by atoms with Crippen LogP contribution in [0.15, 0.2) is 47.9 Å². The number of allylic oxidation sites excluding steroid dienone is 3. The van der Waals surface area contributed by atoms with Gasteiger partial charge >= 0.3 is 0 Å². The monoisotopic (exact) mass is 418 g/mol. The van der Waals surface area contributed by atoms with Crippen LogP contribution >= 0.6 is 11.6 Å². The number of benzene rings is 1. The number of halogens is 1. The van der Waals surface area contributed by atoms with E-state index >= 15 is 0 Å². The predicted octanol–water partition coefficient (Wildman–Crippen LogP) is 5.66. The number of nitrogens with one attached hydrogen (secondary N) is 1. The van der Waals surface area contributed by atoms with Gasteiger partial charge < -0.3 is 9.88 Å². The first-order valence-corrected chi connectivity index (χ1v) is 10.8. The Balaban J connectivity index is 1.63. The molecule has 1 aromatic carbocycles. The van der Waals surface area contributed by atoms with Crippen molar-refractivity contribution in [1.82, 2.24) is 24.8 Å². The SMILES string of the molecule is CC1=CC(N2CC[C@H](C)[C@H]2c2nc3cc(Cl)cc(C)c3[nH]2)=C(c2ncccn2)[CH]C1. The molecule has 1 aliphatic carbocycles. The van der Waals surface area contributed by atoms with Gasteiger partial charge in [-0.2, -0.15) is 0 Å². The van der Waals surface area contributed by atoms with Gasteiger partial charge in [-0.25, -0.2) is 15.0 Å². The fourth-order valence-electron chi connectivity index (χ4n) is 4.66. The van der Waals surface area contributed by atoms with E-state index in [1.807, 2.05) is 30.6 Å². The van der Waals surface area contributed by atoms with Crippen LogP contribution in [0.5, 0.6) is 0 Å². The average Bonchev–Trinajstić information content (AvgIpc) is 3.32. The van der Waals surface area contributed by atoms with Crippen molar-refractivity contribution in [1.29, 1.82) is 0 Å². The van der Waals surface area contributed by atoms with Crippen molar-refractivity contribution >= 4 is 28.2 Å². The zero-order valence-corrected chi connectivity index (χ0v) is 18.2. The van der Waals surface area contributed by atoms with Gasteiger partial charge in [0.25, 0.3) is 0 Å². The van der Waals surface area contributed by atoms with E-state index in [9.17, 15) is 0 Å². The number of rotatable bonds is 3. The minimum atomic E-state index is 0.167. The molecule has 2 aliphatic rings. The first-order valence-electron chi connectivity index (χ1n) is 10.5. The van der Waals surface area contributed by atoms with Gasteiger partial charge in [0.15, 0.2) is 5.82 Å². The van der Waals surface area contributed by atoms with Gasteiger partial charge in [-0.15, -0.1) is 0 Å². The summed E-state index contributed by atoms with van der Waals surface area (Å²) in [5, 5.41) is 0.723.